The van der Waals surface area contributed by atoms with Crippen LogP contribution in [0, 0.1) is 35.0 Å². The number of amides is 2. The topological polar surface area (TPSA) is 58.2 Å². The molecule has 0 aliphatic carbocycles. The Balaban J connectivity index is 3.91. The standard InChI is InChI=1S/C17H26N2O2/c1-14(2)12-18-15(20)10-8-6-7-9-11-16(21)19-13-17(3,4)5/h14H,10-13H2,1-5H3,(H,18,20)(H,19,21). The summed E-state index contributed by atoms with van der Waals surface area (Å²) in [5.74, 6) is 10.7. The van der Waals surface area contributed by atoms with E-state index in [1.165, 1.54) is 0 Å². The second-order valence-corrected chi connectivity index (χ2v) is 6.49. The molecule has 0 fully saturated rings. The fraction of sp³-hybridized carbons (Fsp3) is 0.647. The van der Waals surface area contributed by atoms with E-state index in [0.29, 0.717) is 19.0 Å². The van der Waals surface area contributed by atoms with E-state index in [0.717, 1.165) is 0 Å². The van der Waals surface area contributed by atoms with Gasteiger partial charge in [-0.1, -0.05) is 46.5 Å². The average Bonchev–Trinajstić information content (AvgIpc) is 2.37. The molecule has 116 valence electrons. The normalized spacial score (nSPS) is 10.0. The van der Waals surface area contributed by atoms with Crippen LogP contribution in [-0.4, -0.2) is 24.9 Å². The summed E-state index contributed by atoms with van der Waals surface area (Å²) < 4.78 is 0. The van der Waals surface area contributed by atoms with E-state index in [9.17, 15) is 9.59 Å². The first-order valence-electron chi connectivity index (χ1n) is 7.20. The molecule has 2 amide bonds. The summed E-state index contributed by atoms with van der Waals surface area (Å²) in [6, 6.07) is 0. The smallest absolute Gasteiger partial charge is 0.232 e. The van der Waals surface area contributed by atoms with Crippen LogP contribution in [0.25, 0.3) is 0 Å². The largest absolute Gasteiger partial charge is 0.355 e. The van der Waals surface area contributed by atoms with E-state index in [-0.39, 0.29) is 30.1 Å². The molecule has 0 bridgehead atoms. The molecule has 0 saturated heterocycles. The maximum Gasteiger partial charge on any atom is 0.232 e. The Bertz CT molecular complexity index is 465. The average molecular weight is 290 g/mol. The SMILES string of the molecule is CC(C)CNC(=O)CC#CC#CCC(=O)NCC(C)(C)C. The van der Waals surface area contributed by atoms with Crippen molar-refractivity contribution in [1.29, 1.82) is 0 Å². The second kappa shape index (κ2) is 9.88. The fourth-order valence-corrected chi connectivity index (χ4v) is 1.14. The third-order valence-electron chi connectivity index (χ3n) is 2.26. The molecule has 0 aliphatic heterocycles. The molecule has 0 spiro atoms. The number of hydrogen-bond acceptors (Lipinski definition) is 2. The summed E-state index contributed by atoms with van der Waals surface area (Å²) in [5.41, 5.74) is 0.0617. The highest BCUT2D eigenvalue weighted by Gasteiger charge is 2.10. The molecule has 0 radical (unpaired) electrons. The lowest BCUT2D eigenvalue weighted by molar-refractivity contribution is -0.121. The first-order valence-corrected chi connectivity index (χ1v) is 7.20. The van der Waals surface area contributed by atoms with Crippen molar-refractivity contribution < 1.29 is 9.59 Å². The van der Waals surface area contributed by atoms with Gasteiger partial charge in [0.1, 0.15) is 0 Å². The summed E-state index contributed by atoms with van der Waals surface area (Å²) in [6.45, 7) is 11.5. The number of rotatable bonds is 5. The van der Waals surface area contributed by atoms with Crippen LogP contribution in [0.1, 0.15) is 47.5 Å². The van der Waals surface area contributed by atoms with E-state index in [1.54, 1.807) is 0 Å². The Morgan fingerprint density at radius 2 is 1.43 bits per heavy atom. The van der Waals surface area contributed by atoms with Crippen LogP contribution in [-0.2, 0) is 9.59 Å². The maximum atomic E-state index is 11.5. The van der Waals surface area contributed by atoms with Gasteiger partial charge in [0.25, 0.3) is 0 Å². The van der Waals surface area contributed by atoms with Crippen LogP contribution in [0.5, 0.6) is 0 Å². The molecule has 4 heteroatoms. The zero-order valence-corrected chi connectivity index (χ0v) is 13.7. The molecule has 0 aromatic carbocycles. The molecule has 0 aromatic heterocycles. The molecule has 0 atom stereocenters. The summed E-state index contributed by atoms with van der Waals surface area (Å²) in [5, 5.41) is 5.57. The monoisotopic (exact) mass is 290 g/mol. The third-order valence-corrected chi connectivity index (χ3v) is 2.26. The maximum absolute atomic E-state index is 11.5. The van der Waals surface area contributed by atoms with Gasteiger partial charge in [0.15, 0.2) is 0 Å². The Morgan fingerprint density at radius 3 is 1.86 bits per heavy atom. The van der Waals surface area contributed by atoms with Crippen molar-refractivity contribution in [1.82, 2.24) is 10.6 Å². The second-order valence-electron chi connectivity index (χ2n) is 6.49. The molecular weight excluding hydrogens is 264 g/mol. The molecule has 0 rings (SSSR count). The van der Waals surface area contributed by atoms with Gasteiger partial charge in [-0.15, -0.1) is 0 Å². The van der Waals surface area contributed by atoms with Crippen LogP contribution in [0.3, 0.4) is 0 Å². The number of carbonyl (C=O) groups excluding carboxylic acids is 2. The lowest BCUT2D eigenvalue weighted by Crippen LogP contribution is -2.31. The Hall–Kier alpha value is -1.94. The van der Waals surface area contributed by atoms with Crippen LogP contribution in [0.15, 0.2) is 0 Å². The van der Waals surface area contributed by atoms with Gasteiger partial charge in [0, 0.05) is 13.1 Å². The summed E-state index contributed by atoms with van der Waals surface area (Å²) in [4.78, 5) is 22.8. The molecular formula is C17H26N2O2. The molecule has 0 unspecified atom stereocenters. The lowest BCUT2D eigenvalue weighted by atomic mass is 9.97. The van der Waals surface area contributed by atoms with E-state index >= 15 is 0 Å². The third kappa shape index (κ3) is 14.3. The van der Waals surface area contributed by atoms with E-state index in [4.69, 9.17) is 0 Å². The highest BCUT2D eigenvalue weighted by Crippen LogP contribution is 2.09. The lowest BCUT2D eigenvalue weighted by Gasteiger charge is -2.17. The first kappa shape index (κ1) is 19.1. The summed E-state index contributed by atoms with van der Waals surface area (Å²) >= 11 is 0. The Kier molecular flexibility index (Phi) is 8.97. The molecule has 21 heavy (non-hydrogen) atoms. The minimum Gasteiger partial charge on any atom is -0.355 e. The van der Waals surface area contributed by atoms with Gasteiger partial charge in [0.2, 0.25) is 11.8 Å². The number of nitrogens with one attached hydrogen (secondary N) is 2. The van der Waals surface area contributed by atoms with Gasteiger partial charge in [0.05, 0.1) is 12.8 Å². The number of hydrogen-bond donors (Lipinski definition) is 2. The van der Waals surface area contributed by atoms with Crippen LogP contribution >= 0.6 is 0 Å². The van der Waals surface area contributed by atoms with Crippen molar-refractivity contribution in [3.8, 4) is 23.7 Å². The van der Waals surface area contributed by atoms with E-state index in [2.05, 4.69) is 55.1 Å². The summed E-state index contributed by atoms with van der Waals surface area (Å²) in [7, 11) is 0. The van der Waals surface area contributed by atoms with Crippen molar-refractivity contribution in [3.05, 3.63) is 0 Å². The number of carbonyl (C=O) groups is 2. The van der Waals surface area contributed by atoms with Gasteiger partial charge in [-0.3, -0.25) is 9.59 Å². The highest BCUT2D eigenvalue weighted by molar-refractivity contribution is 5.79. The van der Waals surface area contributed by atoms with Gasteiger partial charge >= 0.3 is 0 Å². The molecule has 0 aliphatic rings. The van der Waals surface area contributed by atoms with Crippen LogP contribution in [0.4, 0.5) is 0 Å². The van der Waals surface area contributed by atoms with Crippen LogP contribution in [0.2, 0.25) is 0 Å². The van der Waals surface area contributed by atoms with Crippen molar-refractivity contribution in [2.75, 3.05) is 13.1 Å². The quantitative estimate of drug-likeness (QED) is 0.757. The van der Waals surface area contributed by atoms with E-state index in [1.807, 2.05) is 13.8 Å². The molecule has 0 heterocycles. The van der Waals surface area contributed by atoms with Crippen molar-refractivity contribution in [3.63, 3.8) is 0 Å². The van der Waals surface area contributed by atoms with E-state index < -0.39 is 0 Å². The van der Waals surface area contributed by atoms with Crippen molar-refractivity contribution in [2.24, 2.45) is 11.3 Å². The minimum absolute atomic E-state index is 0.0617. The summed E-state index contributed by atoms with van der Waals surface area (Å²) in [6.07, 6.45) is 0.266. The minimum atomic E-state index is -0.103. The fourth-order valence-electron chi connectivity index (χ4n) is 1.14. The van der Waals surface area contributed by atoms with Gasteiger partial charge in [-0.25, -0.2) is 0 Å². The zero-order chi connectivity index (χ0) is 16.3. The molecule has 0 aromatic rings. The molecule has 0 saturated carbocycles. The van der Waals surface area contributed by atoms with Gasteiger partial charge in [-0.05, 0) is 23.2 Å². The predicted molar refractivity (Wildman–Crippen MR) is 85.1 cm³/mol. The predicted octanol–water partition coefficient (Wildman–Crippen LogP) is 1.71. The first-order chi connectivity index (χ1) is 9.70. The van der Waals surface area contributed by atoms with Crippen molar-refractivity contribution in [2.45, 2.75) is 47.5 Å². The molecule has 4 nitrogen and oxygen atoms in total. The van der Waals surface area contributed by atoms with Crippen LogP contribution < -0.4 is 10.6 Å². The van der Waals surface area contributed by atoms with Gasteiger partial charge < -0.3 is 10.6 Å². The van der Waals surface area contributed by atoms with Crippen molar-refractivity contribution >= 4 is 11.8 Å². The molecule has 2 N–H and O–H groups in total. The van der Waals surface area contributed by atoms with Gasteiger partial charge in [-0.2, -0.15) is 0 Å². The zero-order valence-electron chi connectivity index (χ0n) is 13.7. The highest BCUT2D eigenvalue weighted by atomic mass is 16.2. The Labute approximate surface area is 128 Å². The Morgan fingerprint density at radius 1 is 0.952 bits per heavy atom.